The summed E-state index contributed by atoms with van der Waals surface area (Å²) >= 11 is 0. The number of allylic oxidation sites excluding steroid dienone is 3. The van der Waals surface area contributed by atoms with Gasteiger partial charge < -0.3 is 14.4 Å². The van der Waals surface area contributed by atoms with E-state index in [9.17, 15) is 4.79 Å². The zero-order valence-electron chi connectivity index (χ0n) is 19.8. The van der Waals surface area contributed by atoms with Crippen molar-refractivity contribution < 1.29 is 14.3 Å². The lowest BCUT2D eigenvalue weighted by molar-refractivity contribution is -0.152. The summed E-state index contributed by atoms with van der Waals surface area (Å²) in [4.78, 5) is 14.5. The molecule has 1 aliphatic heterocycles. The van der Waals surface area contributed by atoms with Gasteiger partial charge in [-0.2, -0.15) is 0 Å². The molecule has 1 aromatic rings. The Morgan fingerprint density at radius 1 is 1.10 bits per heavy atom. The second-order valence-corrected chi connectivity index (χ2v) is 8.98. The van der Waals surface area contributed by atoms with Gasteiger partial charge in [0.25, 0.3) is 0 Å². The number of rotatable bonds is 8. The molecule has 0 spiro atoms. The van der Waals surface area contributed by atoms with Crippen LogP contribution in [0, 0.1) is 18.3 Å². The normalized spacial score (nSPS) is 18.2. The number of esters is 1. The maximum absolute atomic E-state index is 12.1. The van der Waals surface area contributed by atoms with Crippen molar-refractivity contribution in [3.05, 3.63) is 58.9 Å². The number of carbonyl (C=O) groups is 1. The fourth-order valence-electron chi connectivity index (χ4n) is 4.70. The van der Waals surface area contributed by atoms with Gasteiger partial charge >= 0.3 is 5.97 Å². The molecule has 1 heterocycles. The second-order valence-electron chi connectivity index (χ2n) is 8.98. The van der Waals surface area contributed by atoms with Crippen LogP contribution in [0.1, 0.15) is 57.6 Å². The lowest BCUT2D eigenvalue weighted by Crippen LogP contribution is -2.44. The summed E-state index contributed by atoms with van der Waals surface area (Å²) in [5, 5.41) is 0. The fourth-order valence-corrected chi connectivity index (χ4v) is 4.70. The van der Waals surface area contributed by atoms with Gasteiger partial charge in [0.1, 0.15) is 5.76 Å². The molecule has 2 rings (SSSR count). The summed E-state index contributed by atoms with van der Waals surface area (Å²) in [5.41, 5.74) is 3.40. The van der Waals surface area contributed by atoms with E-state index >= 15 is 0 Å². The van der Waals surface area contributed by atoms with Crippen molar-refractivity contribution in [3.63, 3.8) is 0 Å². The van der Waals surface area contributed by atoms with Crippen molar-refractivity contribution in [1.82, 2.24) is 4.90 Å². The Hall–Kier alpha value is -2.07. The van der Waals surface area contributed by atoms with Gasteiger partial charge in [-0.05, 0) is 83.7 Å². The van der Waals surface area contributed by atoms with E-state index in [1.165, 1.54) is 23.8 Å². The molecule has 0 radical (unpaired) electrons. The highest BCUT2D eigenvalue weighted by Gasteiger charge is 2.35. The molecule has 1 aromatic carbocycles. The first-order valence-corrected chi connectivity index (χ1v) is 11.0. The number of hydrogen-bond acceptors (Lipinski definition) is 4. The van der Waals surface area contributed by atoms with Crippen LogP contribution in [-0.2, 0) is 14.3 Å². The van der Waals surface area contributed by atoms with Gasteiger partial charge in [-0.15, -0.1) is 0 Å². The van der Waals surface area contributed by atoms with Crippen molar-refractivity contribution in [1.29, 1.82) is 0 Å². The van der Waals surface area contributed by atoms with Crippen LogP contribution in [0.25, 0.3) is 0 Å². The number of carbonyl (C=O) groups excluding carboxylic acids is 1. The number of likely N-dealkylation sites (tertiary alicyclic amines) is 1. The number of nitrogens with zero attached hydrogens (tertiary/aromatic N) is 1. The molecule has 4 nitrogen and oxygen atoms in total. The number of hydrogen-bond donors (Lipinski definition) is 0. The van der Waals surface area contributed by atoms with Gasteiger partial charge in [-0.25, -0.2) is 0 Å². The first-order chi connectivity index (χ1) is 14.3. The largest absolute Gasteiger partial charge is 0.497 e. The van der Waals surface area contributed by atoms with E-state index in [1.54, 1.807) is 7.11 Å². The lowest BCUT2D eigenvalue weighted by atomic mass is 9.74. The van der Waals surface area contributed by atoms with E-state index in [2.05, 4.69) is 55.2 Å². The zero-order chi connectivity index (χ0) is 22.3. The molecule has 166 valence electrons. The van der Waals surface area contributed by atoms with Gasteiger partial charge in [-0.1, -0.05) is 35.9 Å². The minimum Gasteiger partial charge on any atom is -0.497 e. The third kappa shape index (κ3) is 5.75. The monoisotopic (exact) mass is 413 g/mol. The molecule has 30 heavy (non-hydrogen) atoms. The van der Waals surface area contributed by atoms with Gasteiger partial charge in [0, 0.05) is 12.5 Å². The Balaban J connectivity index is 2.23. The molecule has 0 aliphatic carbocycles. The van der Waals surface area contributed by atoms with E-state index < -0.39 is 5.41 Å². The van der Waals surface area contributed by atoms with E-state index in [0.29, 0.717) is 11.8 Å². The standard InChI is InChI=1S/C26H39NO3/c1-8-22(23(9-2)29-6)24(20-12-10-19(3)11-13-20)21-14-16-27(17-15-21)18-26(4,5)25(28)30-7/h8-13,21,24H,14-18H2,1-7H3/b22-8+,23-9+. The number of benzene rings is 1. The van der Waals surface area contributed by atoms with Crippen LogP contribution in [0.5, 0.6) is 0 Å². The third-order valence-corrected chi connectivity index (χ3v) is 6.31. The van der Waals surface area contributed by atoms with Crippen LogP contribution in [0.2, 0.25) is 0 Å². The summed E-state index contributed by atoms with van der Waals surface area (Å²) in [6.07, 6.45) is 6.45. The predicted molar refractivity (Wildman–Crippen MR) is 123 cm³/mol. The van der Waals surface area contributed by atoms with Gasteiger partial charge in [-0.3, -0.25) is 4.79 Å². The predicted octanol–water partition coefficient (Wildman–Crippen LogP) is 5.49. The summed E-state index contributed by atoms with van der Waals surface area (Å²) in [7, 11) is 3.22. The molecule has 1 saturated heterocycles. The molecular formula is C26H39NO3. The van der Waals surface area contributed by atoms with Crippen molar-refractivity contribution in [2.45, 2.75) is 53.4 Å². The summed E-state index contributed by atoms with van der Waals surface area (Å²) in [5.74, 6) is 1.65. The Kier molecular flexibility index (Phi) is 8.72. The third-order valence-electron chi connectivity index (χ3n) is 6.31. The molecule has 1 unspecified atom stereocenters. The Labute approximate surface area is 182 Å². The zero-order valence-corrected chi connectivity index (χ0v) is 19.8. The van der Waals surface area contributed by atoms with E-state index in [1.807, 2.05) is 20.8 Å². The molecule has 0 N–H and O–H groups in total. The van der Waals surface area contributed by atoms with Crippen molar-refractivity contribution >= 4 is 5.97 Å². The number of methoxy groups -OCH3 is 2. The highest BCUT2D eigenvalue weighted by molar-refractivity contribution is 5.76. The summed E-state index contributed by atoms with van der Waals surface area (Å²) in [6.45, 7) is 12.9. The highest BCUT2D eigenvalue weighted by Crippen LogP contribution is 2.41. The molecule has 0 bridgehead atoms. The average molecular weight is 414 g/mol. The smallest absolute Gasteiger partial charge is 0.312 e. The number of ether oxygens (including phenoxy) is 2. The summed E-state index contributed by atoms with van der Waals surface area (Å²) in [6, 6.07) is 8.93. The van der Waals surface area contributed by atoms with Crippen LogP contribution in [0.3, 0.4) is 0 Å². The maximum Gasteiger partial charge on any atom is 0.312 e. The summed E-state index contributed by atoms with van der Waals surface area (Å²) < 4.78 is 10.7. The van der Waals surface area contributed by atoms with E-state index in [4.69, 9.17) is 9.47 Å². The van der Waals surface area contributed by atoms with Crippen molar-refractivity contribution in [2.24, 2.45) is 11.3 Å². The maximum atomic E-state index is 12.1. The molecular weight excluding hydrogens is 374 g/mol. The molecule has 1 atom stereocenters. The Morgan fingerprint density at radius 3 is 2.17 bits per heavy atom. The van der Waals surface area contributed by atoms with Gasteiger partial charge in [0.2, 0.25) is 0 Å². The topological polar surface area (TPSA) is 38.8 Å². The molecule has 4 heteroatoms. The minimum absolute atomic E-state index is 0.142. The molecule has 1 aliphatic rings. The molecule has 1 fully saturated rings. The van der Waals surface area contributed by atoms with Crippen molar-refractivity contribution in [2.75, 3.05) is 33.9 Å². The van der Waals surface area contributed by atoms with Gasteiger partial charge in [0.05, 0.1) is 19.6 Å². The molecule has 0 aromatic heterocycles. The van der Waals surface area contributed by atoms with Crippen LogP contribution in [0.15, 0.2) is 47.7 Å². The van der Waals surface area contributed by atoms with E-state index in [-0.39, 0.29) is 5.97 Å². The van der Waals surface area contributed by atoms with Crippen LogP contribution >= 0.6 is 0 Å². The minimum atomic E-state index is -0.486. The average Bonchev–Trinajstić information content (AvgIpc) is 2.74. The number of aryl methyl sites for hydroxylation is 1. The molecule has 0 amide bonds. The van der Waals surface area contributed by atoms with Crippen LogP contribution in [-0.4, -0.2) is 44.7 Å². The Morgan fingerprint density at radius 2 is 1.70 bits per heavy atom. The van der Waals surface area contributed by atoms with E-state index in [0.717, 1.165) is 38.2 Å². The Bertz CT molecular complexity index is 753. The van der Waals surface area contributed by atoms with Gasteiger partial charge in [0.15, 0.2) is 0 Å². The van der Waals surface area contributed by atoms with Crippen LogP contribution < -0.4 is 0 Å². The first kappa shape index (κ1) is 24.2. The fraction of sp³-hybridized carbons (Fsp3) is 0.577. The van der Waals surface area contributed by atoms with Crippen LogP contribution in [0.4, 0.5) is 0 Å². The highest BCUT2D eigenvalue weighted by atomic mass is 16.5. The SMILES string of the molecule is C/C=C(\C(=C/C)OC)C(c1ccc(C)cc1)C1CCN(CC(C)(C)C(=O)OC)CC1. The molecule has 0 saturated carbocycles. The van der Waals surface area contributed by atoms with Crippen molar-refractivity contribution in [3.8, 4) is 0 Å². The lowest BCUT2D eigenvalue weighted by Gasteiger charge is -2.39. The second kappa shape index (κ2) is 10.8. The first-order valence-electron chi connectivity index (χ1n) is 11.0. The quantitative estimate of drug-likeness (QED) is 0.321. The number of piperidine rings is 1.